The lowest BCUT2D eigenvalue weighted by molar-refractivity contribution is -0.0499. The van der Waals surface area contributed by atoms with Crippen molar-refractivity contribution in [3.63, 3.8) is 0 Å². The highest BCUT2D eigenvalue weighted by atomic mass is 19.3. The van der Waals surface area contributed by atoms with Gasteiger partial charge in [-0.2, -0.15) is 8.78 Å². The number of carbonyl (C=O) groups is 1. The van der Waals surface area contributed by atoms with Crippen LogP contribution in [-0.2, 0) is 4.74 Å². The molecule has 2 rings (SSSR count). The smallest absolute Gasteiger partial charge is 0.387 e. The average molecular weight is 270 g/mol. The first-order valence-corrected chi connectivity index (χ1v) is 6.41. The summed E-state index contributed by atoms with van der Waals surface area (Å²) in [6.07, 6.45) is 4.99. The van der Waals surface area contributed by atoms with Gasteiger partial charge in [-0.15, -0.1) is 0 Å². The predicted molar refractivity (Wildman–Crippen MR) is 65.4 cm³/mol. The highest BCUT2D eigenvalue weighted by molar-refractivity contribution is 5.89. The van der Waals surface area contributed by atoms with E-state index in [0.29, 0.717) is 0 Å². The summed E-state index contributed by atoms with van der Waals surface area (Å²) in [5.74, 6) is -0.514. The highest BCUT2D eigenvalue weighted by Crippen LogP contribution is 2.22. The number of halogens is 2. The Hall–Kier alpha value is -1.65. The van der Waals surface area contributed by atoms with Crippen LogP contribution >= 0.6 is 0 Å². The van der Waals surface area contributed by atoms with Gasteiger partial charge < -0.3 is 9.47 Å². The molecule has 19 heavy (non-hydrogen) atoms. The molecule has 0 aliphatic heterocycles. The number of benzene rings is 1. The Kier molecular flexibility index (Phi) is 4.71. The number of alkyl halides is 2. The molecular formula is C14H16F2O3. The molecule has 0 bridgehead atoms. The second-order valence-corrected chi connectivity index (χ2v) is 4.57. The molecule has 0 amide bonds. The number of hydrogen-bond donors (Lipinski definition) is 0. The zero-order valence-electron chi connectivity index (χ0n) is 10.5. The second kappa shape index (κ2) is 6.50. The maximum absolute atomic E-state index is 12.1. The number of esters is 1. The van der Waals surface area contributed by atoms with Gasteiger partial charge in [0.05, 0.1) is 5.56 Å². The molecule has 0 spiro atoms. The molecule has 0 atom stereocenters. The average Bonchev–Trinajstić information content (AvgIpc) is 2.39. The molecule has 1 fully saturated rings. The molecule has 0 saturated heterocycles. The summed E-state index contributed by atoms with van der Waals surface area (Å²) in [6, 6.07) is 5.68. The quantitative estimate of drug-likeness (QED) is 0.781. The molecule has 0 unspecified atom stereocenters. The normalized spacial score (nSPS) is 16.4. The third-order valence-electron chi connectivity index (χ3n) is 3.12. The Morgan fingerprint density at radius 2 is 1.95 bits per heavy atom. The highest BCUT2D eigenvalue weighted by Gasteiger charge is 2.19. The molecule has 1 aliphatic carbocycles. The zero-order chi connectivity index (χ0) is 13.7. The van der Waals surface area contributed by atoms with Crippen LogP contribution in [0.1, 0.15) is 42.5 Å². The van der Waals surface area contributed by atoms with Gasteiger partial charge in [0.2, 0.25) is 0 Å². The predicted octanol–water partition coefficient (Wildman–Crippen LogP) is 3.78. The minimum Gasteiger partial charge on any atom is -0.459 e. The lowest BCUT2D eigenvalue weighted by Crippen LogP contribution is -2.20. The van der Waals surface area contributed by atoms with Crippen molar-refractivity contribution < 1.29 is 23.0 Å². The minimum absolute atomic E-state index is 0.0342. The molecule has 0 aromatic heterocycles. The molecule has 0 radical (unpaired) electrons. The van der Waals surface area contributed by atoms with E-state index in [2.05, 4.69) is 4.74 Å². The van der Waals surface area contributed by atoms with E-state index < -0.39 is 12.6 Å². The summed E-state index contributed by atoms with van der Waals surface area (Å²) in [5.41, 5.74) is 0.240. The van der Waals surface area contributed by atoms with Crippen LogP contribution in [-0.4, -0.2) is 18.7 Å². The van der Waals surface area contributed by atoms with E-state index in [0.717, 1.165) is 25.7 Å². The van der Waals surface area contributed by atoms with Gasteiger partial charge in [-0.1, -0.05) is 12.5 Å². The van der Waals surface area contributed by atoms with Gasteiger partial charge in [-0.25, -0.2) is 4.79 Å². The number of ether oxygens (including phenoxy) is 2. The lowest BCUT2D eigenvalue weighted by Gasteiger charge is -2.21. The molecule has 1 saturated carbocycles. The molecular weight excluding hydrogens is 254 g/mol. The number of hydrogen-bond acceptors (Lipinski definition) is 3. The van der Waals surface area contributed by atoms with Crippen molar-refractivity contribution in [3.05, 3.63) is 29.8 Å². The van der Waals surface area contributed by atoms with Gasteiger partial charge in [0, 0.05) is 0 Å². The monoisotopic (exact) mass is 270 g/mol. The van der Waals surface area contributed by atoms with Crippen LogP contribution in [0.15, 0.2) is 24.3 Å². The fourth-order valence-corrected chi connectivity index (χ4v) is 2.20. The minimum atomic E-state index is -2.90. The first kappa shape index (κ1) is 13.8. The topological polar surface area (TPSA) is 35.5 Å². The van der Waals surface area contributed by atoms with Crippen LogP contribution in [0.2, 0.25) is 0 Å². The van der Waals surface area contributed by atoms with Crippen molar-refractivity contribution in [2.75, 3.05) is 0 Å². The summed E-state index contributed by atoms with van der Waals surface area (Å²) < 4.78 is 33.8. The van der Waals surface area contributed by atoms with Crippen LogP contribution < -0.4 is 4.74 Å². The van der Waals surface area contributed by atoms with Crippen LogP contribution in [0.3, 0.4) is 0 Å². The summed E-state index contributed by atoms with van der Waals surface area (Å²) in [4.78, 5) is 11.9. The molecule has 104 valence electrons. The summed E-state index contributed by atoms with van der Waals surface area (Å²) in [7, 11) is 0. The van der Waals surface area contributed by atoms with E-state index in [1.807, 2.05) is 0 Å². The van der Waals surface area contributed by atoms with E-state index in [1.54, 1.807) is 0 Å². The largest absolute Gasteiger partial charge is 0.459 e. The number of rotatable bonds is 4. The Morgan fingerprint density at radius 3 is 2.63 bits per heavy atom. The SMILES string of the molecule is O=C(OC1CCCCC1)c1cccc(OC(F)F)c1. The van der Waals surface area contributed by atoms with Crippen molar-refractivity contribution in [1.29, 1.82) is 0 Å². The van der Waals surface area contributed by atoms with Crippen LogP contribution in [0.5, 0.6) is 5.75 Å². The third kappa shape index (κ3) is 4.19. The fraction of sp³-hybridized carbons (Fsp3) is 0.500. The standard InChI is InChI=1S/C14H16F2O3/c15-14(16)19-12-8-4-5-10(9-12)13(17)18-11-6-2-1-3-7-11/h4-5,8-9,11,14H,1-3,6-7H2. The van der Waals surface area contributed by atoms with Crippen LogP contribution in [0, 0.1) is 0 Å². The van der Waals surface area contributed by atoms with Crippen molar-refractivity contribution in [3.8, 4) is 5.75 Å². The second-order valence-electron chi connectivity index (χ2n) is 4.57. The molecule has 0 N–H and O–H groups in total. The zero-order valence-corrected chi connectivity index (χ0v) is 10.5. The van der Waals surface area contributed by atoms with Crippen molar-refractivity contribution in [2.45, 2.75) is 44.8 Å². The van der Waals surface area contributed by atoms with E-state index in [1.165, 1.54) is 30.7 Å². The van der Waals surface area contributed by atoms with Crippen LogP contribution in [0.25, 0.3) is 0 Å². The maximum atomic E-state index is 12.1. The van der Waals surface area contributed by atoms with Gasteiger partial charge in [-0.3, -0.25) is 0 Å². The molecule has 5 heteroatoms. The van der Waals surface area contributed by atoms with Crippen molar-refractivity contribution >= 4 is 5.97 Å². The lowest BCUT2D eigenvalue weighted by atomic mass is 9.98. The van der Waals surface area contributed by atoms with Gasteiger partial charge in [0.15, 0.2) is 0 Å². The molecule has 0 heterocycles. The van der Waals surface area contributed by atoms with Crippen LogP contribution in [0.4, 0.5) is 8.78 Å². The van der Waals surface area contributed by atoms with Gasteiger partial charge in [-0.05, 0) is 43.9 Å². The number of carbonyl (C=O) groups excluding carboxylic acids is 1. The first-order chi connectivity index (χ1) is 9.15. The fourth-order valence-electron chi connectivity index (χ4n) is 2.20. The van der Waals surface area contributed by atoms with E-state index in [-0.39, 0.29) is 17.4 Å². The van der Waals surface area contributed by atoms with E-state index in [9.17, 15) is 13.6 Å². The van der Waals surface area contributed by atoms with Crippen molar-refractivity contribution in [1.82, 2.24) is 0 Å². The van der Waals surface area contributed by atoms with E-state index >= 15 is 0 Å². The Labute approximate surface area is 110 Å². The molecule has 1 aromatic rings. The maximum Gasteiger partial charge on any atom is 0.387 e. The summed E-state index contributed by atoms with van der Waals surface area (Å²) >= 11 is 0. The Balaban J connectivity index is 1.97. The summed E-state index contributed by atoms with van der Waals surface area (Å²) in [5, 5.41) is 0. The Bertz CT molecular complexity index is 428. The first-order valence-electron chi connectivity index (χ1n) is 6.41. The molecule has 1 aromatic carbocycles. The van der Waals surface area contributed by atoms with Crippen molar-refractivity contribution in [2.24, 2.45) is 0 Å². The van der Waals surface area contributed by atoms with Gasteiger partial charge in [0.25, 0.3) is 0 Å². The van der Waals surface area contributed by atoms with Gasteiger partial charge in [0.1, 0.15) is 11.9 Å². The van der Waals surface area contributed by atoms with E-state index in [4.69, 9.17) is 4.74 Å². The molecule has 3 nitrogen and oxygen atoms in total. The Morgan fingerprint density at radius 1 is 1.21 bits per heavy atom. The van der Waals surface area contributed by atoms with Gasteiger partial charge >= 0.3 is 12.6 Å². The summed E-state index contributed by atoms with van der Waals surface area (Å²) in [6.45, 7) is -2.90. The molecule has 1 aliphatic rings. The third-order valence-corrected chi connectivity index (χ3v) is 3.12.